The number of esters is 4. The van der Waals surface area contributed by atoms with Gasteiger partial charge in [-0.05, 0) is 37.5 Å². The predicted molar refractivity (Wildman–Crippen MR) is 368 cm³/mol. The van der Waals surface area contributed by atoms with Crippen LogP contribution in [0.15, 0.2) is 0 Å². The highest BCUT2D eigenvalue weighted by Crippen LogP contribution is 2.45. The van der Waals surface area contributed by atoms with E-state index in [4.69, 9.17) is 37.0 Å². The van der Waals surface area contributed by atoms with Gasteiger partial charge in [0.05, 0.1) is 26.4 Å². The molecule has 0 fully saturated rings. The molecule has 0 heterocycles. The molecule has 19 heteroatoms. The summed E-state index contributed by atoms with van der Waals surface area (Å²) >= 11 is 0. The summed E-state index contributed by atoms with van der Waals surface area (Å²) < 4.78 is 68.3. The molecule has 0 rings (SSSR count). The molecule has 0 aromatic rings. The van der Waals surface area contributed by atoms with Crippen molar-refractivity contribution in [3.05, 3.63) is 0 Å². The van der Waals surface area contributed by atoms with Crippen LogP contribution in [0.1, 0.15) is 369 Å². The Morgan fingerprint density at radius 2 is 0.560 bits per heavy atom. The Kier molecular flexibility index (Phi) is 62.7. The first-order valence-electron chi connectivity index (χ1n) is 37.5. The molecule has 0 aliphatic carbocycles. The van der Waals surface area contributed by atoms with Gasteiger partial charge < -0.3 is 33.8 Å². The number of carbonyl (C=O) groups is 4. The molecule has 0 aliphatic heterocycles. The number of rotatable bonds is 71. The first-order chi connectivity index (χ1) is 43.9. The molecule has 17 nitrogen and oxygen atoms in total. The quantitative estimate of drug-likeness (QED) is 0.0222. The van der Waals surface area contributed by atoms with E-state index in [1.54, 1.807) is 0 Å². The number of hydrogen-bond acceptors (Lipinski definition) is 15. The summed E-state index contributed by atoms with van der Waals surface area (Å²) in [6.45, 7) is 9.45. The summed E-state index contributed by atoms with van der Waals surface area (Å²) in [7, 11) is -9.90. The highest BCUT2D eigenvalue weighted by molar-refractivity contribution is 7.47. The van der Waals surface area contributed by atoms with E-state index >= 15 is 0 Å². The van der Waals surface area contributed by atoms with Crippen LogP contribution in [0, 0.1) is 11.8 Å². The zero-order chi connectivity index (χ0) is 67.2. The SMILES string of the molecule is CCCCCCCCCCCCCCCCCCCCCCC(=O)O[C@H](COC(=O)CCCCCCCCCCCCC)COP(=O)(O)OC[C@@H](O)COP(=O)(O)OC[C@@H](COC(=O)CCCCCCCCC(C)CC)OC(=O)CCCCCCCCCC(C)C. The second-order valence-corrected chi connectivity index (χ2v) is 29.6. The van der Waals surface area contributed by atoms with Gasteiger partial charge in [-0.15, -0.1) is 0 Å². The molecule has 6 atom stereocenters. The van der Waals surface area contributed by atoms with E-state index in [2.05, 4.69) is 41.5 Å². The standard InChI is InChI=1S/C72H140O17P2/c1-7-10-12-14-16-18-20-21-22-23-24-25-26-27-28-30-32-36-44-50-56-71(76)88-67(60-82-69(74)54-48-42-35-31-29-19-17-15-13-11-8-2)62-86-90(78,79)84-58-66(73)59-85-91(80,81)87-63-68(89-72(77)57-51-45-37-33-34-40-46-52-64(4)5)61-83-70(75)55-49-43-39-38-41-47-53-65(6)9-3/h64-68,73H,7-63H2,1-6H3,(H,78,79)(H,80,81)/t65?,66-,67-,68-/m1/s1. The predicted octanol–water partition coefficient (Wildman–Crippen LogP) is 20.8. The maximum Gasteiger partial charge on any atom is 0.472 e. The van der Waals surface area contributed by atoms with Crippen molar-refractivity contribution in [1.82, 2.24) is 0 Å². The van der Waals surface area contributed by atoms with Crippen LogP contribution in [0.4, 0.5) is 0 Å². The zero-order valence-corrected chi connectivity index (χ0v) is 60.9. The normalized spacial score (nSPS) is 14.4. The second-order valence-electron chi connectivity index (χ2n) is 26.7. The van der Waals surface area contributed by atoms with Crippen LogP contribution >= 0.6 is 15.6 Å². The van der Waals surface area contributed by atoms with Gasteiger partial charge in [-0.2, -0.15) is 0 Å². The highest BCUT2D eigenvalue weighted by atomic mass is 31.2. The Balaban J connectivity index is 5.18. The zero-order valence-electron chi connectivity index (χ0n) is 59.1. The van der Waals surface area contributed by atoms with Crippen molar-refractivity contribution >= 4 is 39.5 Å². The summed E-state index contributed by atoms with van der Waals surface area (Å²) in [6, 6.07) is 0. The summed E-state index contributed by atoms with van der Waals surface area (Å²) in [6.07, 6.45) is 50.2. The molecule has 0 saturated heterocycles. The molecule has 3 N–H and O–H groups in total. The number of aliphatic hydroxyl groups excluding tert-OH is 1. The Bertz CT molecular complexity index is 1770. The first-order valence-corrected chi connectivity index (χ1v) is 40.5. The lowest BCUT2D eigenvalue weighted by Gasteiger charge is -2.21. The van der Waals surface area contributed by atoms with Gasteiger partial charge in [0.2, 0.25) is 0 Å². The molecule has 91 heavy (non-hydrogen) atoms. The van der Waals surface area contributed by atoms with Crippen LogP contribution in [0.25, 0.3) is 0 Å². The minimum Gasteiger partial charge on any atom is -0.462 e. The molecule has 540 valence electrons. The molecule has 0 amide bonds. The van der Waals surface area contributed by atoms with Crippen molar-refractivity contribution in [3.8, 4) is 0 Å². The third-order valence-electron chi connectivity index (χ3n) is 17.1. The van der Waals surface area contributed by atoms with Crippen LogP contribution < -0.4 is 0 Å². The van der Waals surface area contributed by atoms with Gasteiger partial charge in [0.25, 0.3) is 0 Å². The summed E-state index contributed by atoms with van der Waals surface area (Å²) in [5, 5.41) is 10.6. The smallest absolute Gasteiger partial charge is 0.462 e. The third-order valence-corrected chi connectivity index (χ3v) is 19.0. The number of carbonyl (C=O) groups excluding carboxylic acids is 4. The molecular formula is C72H140O17P2. The van der Waals surface area contributed by atoms with E-state index < -0.39 is 97.5 Å². The van der Waals surface area contributed by atoms with Crippen LogP contribution in [0.3, 0.4) is 0 Å². The molecule has 0 spiro atoms. The van der Waals surface area contributed by atoms with Gasteiger partial charge >= 0.3 is 39.5 Å². The van der Waals surface area contributed by atoms with Crippen LogP contribution in [0.2, 0.25) is 0 Å². The number of phosphoric ester groups is 2. The van der Waals surface area contributed by atoms with E-state index in [0.717, 1.165) is 102 Å². The molecular weight excluding hydrogens is 1200 g/mol. The Hall–Kier alpha value is -1.94. The Labute approximate surface area is 556 Å². The van der Waals surface area contributed by atoms with Crippen LogP contribution in [0.5, 0.6) is 0 Å². The van der Waals surface area contributed by atoms with Crippen molar-refractivity contribution in [1.29, 1.82) is 0 Å². The highest BCUT2D eigenvalue weighted by Gasteiger charge is 2.30. The van der Waals surface area contributed by atoms with Gasteiger partial charge in [0.15, 0.2) is 12.2 Å². The minimum atomic E-state index is -4.95. The second kappa shape index (κ2) is 64.1. The van der Waals surface area contributed by atoms with Gasteiger partial charge in [-0.3, -0.25) is 37.3 Å². The molecule has 0 saturated carbocycles. The van der Waals surface area contributed by atoms with Crippen molar-refractivity contribution in [2.45, 2.75) is 387 Å². The maximum absolute atomic E-state index is 13.0. The number of phosphoric acid groups is 2. The summed E-state index contributed by atoms with van der Waals surface area (Å²) in [5.74, 6) is -0.699. The fourth-order valence-corrected chi connectivity index (χ4v) is 12.5. The van der Waals surface area contributed by atoms with Gasteiger partial charge in [-0.25, -0.2) is 9.13 Å². The number of unbranched alkanes of at least 4 members (excludes halogenated alkanes) is 40. The fraction of sp³-hybridized carbons (Fsp3) is 0.944. The first kappa shape index (κ1) is 89.1. The third kappa shape index (κ3) is 65.1. The molecule has 3 unspecified atom stereocenters. The molecule has 0 bridgehead atoms. The molecule has 0 radical (unpaired) electrons. The topological polar surface area (TPSA) is 237 Å². The minimum absolute atomic E-state index is 0.103. The van der Waals surface area contributed by atoms with Crippen molar-refractivity contribution in [2.75, 3.05) is 39.6 Å². The van der Waals surface area contributed by atoms with E-state index in [1.807, 2.05) is 0 Å². The van der Waals surface area contributed by atoms with E-state index in [0.29, 0.717) is 31.6 Å². The molecule has 0 aliphatic rings. The fourth-order valence-electron chi connectivity index (χ4n) is 10.9. The summed E-state index contributed by atoms with van der Waals surface area (Å²) in [4.78, 5) is 72.5. The van der Waals surface area contributed by atoms with Crippen molar-refractivity contribution in [2.24, 2.45) is 11.8 Å². The van der Waals surface area contributed by atoms with Crippen molar-refractivity contribution in [3.63, 3.8) is 0 Å². The van der Waals surface area contributed by atoms with E-state index in [9.17, 15) is 43.2 Å². The van der Waals surface area contributed by atoms with Crippen molar-refractivity contribution < 1.29 is 80.2 Å². The Morgan fingerprint density at radius 1 is 0.319 bits per heavy atom. The van der Waals surface area contributed by atoms with Crippen LogP contribution in [-0.4, -0.2) is 96.7 Å². The van der Waals surface area contributed by atoms with Gasteiger partial charge in [0.1, 0.15) is 19.3 Å². The number of hydrogen-bond donors (Lipinski definition) is 3. The number of aliphatic hydroxyl groups is 1. The Morgan fingerprint density at radius 3 is 0.835 bits per heavy atom. The van der Waals surface area contributed by atoms with E-state index in [1.165, 1.54) is 180 Å². The lowest BCUT2D eigenvalue weighted by molar-refractivity contribution is -0.161. The summed E-state index contributed by atoms with van der Waals surface area (Å²) in [5.41, 5.74) is 0. The average Bonchev–Trinajstić information content (AvgIpc) is 3.29. The maximum atomic E-state index is 13.0. The van der Waals surface area contributed by atoms with Gasteiger partial charge in [-0.1, -0.05) is 318 Å². The lowest BCUT2D eigenvalue weighted by Crippen LogP contribution is -2.30. The lowest BCUT2D eigenvalue weighted by atomic mass is 10.00. The van der Waals surface area contributed by atoms with Crippen LogP contribution in [-0.2, 0) is 65.4 Å². The van der Waals surface area contributed by atoms with E-state index in [-0.39, 0.29) is 25.7 Å². The monoisotopic (exact) mass is 1340 g/mol. The molecule has 0 aromatic carbocycles. The largest absolute Gasteiger partial charge is 0.472 e. The molecule has 0 aromatic heterocycles. The number of ether oxygens (including phenoxy) is 4. The van der Waals surface area contributed by atoms with Gasteiger partial charge in [0, 0.05) is 25.7 Å². The average molecular weight is 1340 g/mol.